The molecular formula is C22H28N6O. The van der Waals surface area contributed by atoms with Crippen LogP contribution < -0.4 is 10.6 Å². The standard InChI is InChI=1S/C22H28N6O/c1-15(2)21-12-20(26-28(21)5)22(29)25-18-8-6-7-17(11-18)16(3)23-9-10-24-19-13-27(4)14-19/h6-16H,1-5H3,(H2-,23,24,25,26,29). The second kappa shape index (κ2) is 8.77. The molecule has 1 unspecified atom stereocenters. The van der Waals surface area contributed by atoms with Crippen LogP contribution in [0.4, 0.5) is 5.69 Å². The van der Waals surface area contributed by atoms with E-state index in [2.05, 4.69) is 34.9 Å². The highest BCUT2D eigenvalue weighted by molar-refractivity contribution is 6.03. The molecule has 1 atom stereocenters. The molecule has 2 aromatic rings. The van der Waals surface area contributed by atoms with E-state index in [-0.39, 0.29) is 11.9 Å². The van der Waals surface area contributed by atoms with Crippen molar-refractivity contribution in [3.63, 3.8) is 0 Å². The van der Waals surface area contributed by atoms with Crippen LogP contribution in [0.5, 0.6) is 0 Å². The van der Waals surface area contributed by atoms with Gasteiger partial charge in [-0.25, -0.2) is 4.58 Å². The number of aryl methyl sites for hydroxylation is 1. The van der Waals surface area contributed by atoms with E-state index in [1.165, 1.54) is 0 Å². The average Bonchev–Trinajstić information content (AvgIpc) is 3.05. The lowest BCUT2D eigenvalue weighted by Gasteiger charge is -2.26. The summed E-state index contributed by atoms with van der Waals surface area (Å²) in [7, 11) is 3.83. The number of carbonyl (C=O) groups excluding carboxylic acids is 1. The van der Waals surface area contributed by atoms with Gasteiger partial charge in [0.15, 0.2) is 23.8 Å². The van der Waals surface area contributed by atoms with Crippen LogP contribution in [0.15, 0.2) is 54.6 Å². The van der Waals surface area contributed by atoms with Gasteiger partial charge in [0.05, 0.1) is 0 Å². The smallest absolute Gasteiger partial charge is 0.276 e. The summed E-state index contributed by atoms with van der Waals surface area (Å²) in [5, 5.41) is 14.9. The van der Waals surface area contributed by atoms with Gasteiger partial charge < -0.3 is 16.0 Å². The predicted octanol–water partition coefficient (Wildman–Crippen LogP) is 3.86. The molecule has 1 aromatic heterocycles. The van der Waals surface area contributed by atoms with Gasteiger partial charge in [-0.3, -0.25) is 9.48 Å². The first-order valence-corrected chi connectivity index (χ1v) is 9.69. The molecule has 7 nitrogen and oxygen atoms in total. The normalized spacial score (nSPS) is 14.3. The first kappa shape index (κ1) is 20.4. The van der Waals surface area contributed by atoms with Crippen LogP contribution >= 0.6 is 0 Å². The fraction of sp³-hybridized carbons (Fsp3) is 0.318. The monoisotopic (exact) mass is 392 g/mol. The van der Waals surface area contributed by atoms with Crippen LogP contribution in [0, 0.1) is 0 Å². The number of hydrogen-bond acceptors (Lipinski definition) is 3. The minimum atomic E-state index is -0.215. The third kappa shape index (κ3) is 5.13. The van der Waals surface area contributed by atoms with Crippen LogP contribution in [0.25, 0.3) is 5.32 Å². The van der Waals surface area contributed by atoms with Gasteiger partial charge >= 0.3 is 0 Å². The molecule has 0 saturated carbocycles. The minimum Gasteiger partial charge on any atom is -0.683 e. The lowest BCUT2D eigenvalue weighted by molar-refractivity contribution is -0.429. The number of rotatable bonds is 8. The zero-order valence-electron chi connectivity index (χ0n) is 17.5. The minimum absolute atomic E-state index is 0.0330. The van der Waals surface area contributed by atoms with Crippen molar-refractivity contribution in [3.8, 4) is 0 Å². The van der Waals surface area contributed by atoms with Crippen molar-refractivity contribution >= 4 is 17.8 Å². The van der Waals surface area contributed by atoms with Crippen LogP contribution in [-0.2, 0) is 7.05 Å². The zero-order chi connectivity index (χ0) is 21.0. The molecule has 7 heteroatoms. The van der Waals surface area contributed by atoms with E-state index in [0.29, 0.717) is 11.6 Å². The number of nitrogens with one attached hydrogen (secondary N) is 2. The van der Waals surface area contributed by atoms with Crippen LogP contribution in [0.3, 0.4) is 0 Å². The lowest BCUT2D eigenvalue weighted by Crippen LogP contribution is -2.21. The highest BCUT2D eigenvalue weighted by Gasteiger charge is 2.15. The van der Waals surface area contributed by atoms with Crippen molar-refractivity contribution in [2.45, 2.75) is 32.7 Å². The van der Waals surface area contributed by atoms with E-state index >= 15 is 0 Å². The van der Waals surface area contributed by atoms with Gasteiger partial charge in [-0.1, -0.05) is 44.5 Å². The first-order valence-electron chi connectivity index (χ1n) is 9.69. The van der Waals surface area contributed by atoms with Gasteiger partial charge in [0.25, 0.3) is 5.91 Å². The number of hydrogen-bond donors (Lipinski definition) is 2. The number of carbonyl (C=O) groups is 1. The van der Waals surface area contributed by atoms with Crippen molar-refractivity contribution in [1.29, 1.82) is 0 Å². The Labute approximate surface area is 171 Å². The van der Waals surface area contributed by atoms with E-state index in [9.17, 15) is 4.79 Å². The van der Waals surface area contributed by atoms with Gasteiger partial charge in [-0.05, 0) is 30.3 Å². The molecule has 2 N–H and O–H groups in total. The molecule has 1 aromatic carbocycles. The molecular weight excluding hydrogens is 364 g/mol. The zero-order valence-corrected chi connectivity index (χ0v) is 17.5. The van der Waals surface area contributed by atoms with Crippen molar-refractivity contribution in [3.05, 3.63) is 76.9 Å². The maximum Gasteiger partial charge on any atom is 0.276 e. The Hall–Kier alpha value is -3.35. The Morgan fingerprint density at radius 2 is 2.03 bits per heavy atom. The highest BCUT2D eigenvalue weighted by atomic mass is 16.1. The molecule has 0 radical (unpaired) electrons. The third-order valence-electron chi connectivity index (χ3n) is 4.69. The maximum absolute atomic E-state index is 12.6. The molecule has 152 valence electrons. The van der Waals surface area contributed by atoms with Crippen LogP contribution in [-0.4, -0.2) is 33.5 Å². The molecule has 3 rings (SSSR count). The molecule has 0 fully saturated rings. The summed E-state index contributed by atoms with van der Waals surface area (Å²) in [6.07, 6.45) is 7.55. The molecule has 1 amide bonds. The predicted molar refractivity (Wildman–Crippen MR) is 116 cm³/mol. The van der Waals surface area contributed by atoms with Crippen molar-refractivity contribution in [2.75, 3.05) is 12.4 Å². The fourth-order valence-corrected chi connectivity index (χ4v) is 3.10. The Kier molecular flexibility index (Phi) is 6.16. The number of allylic oxidation sites excluding steroid dienone is 1. The van der Waals surface area contributed by atoms with Crippen molar-refractivity contribution < 1.29 is 9.37 Å². The molecule has 0 bridgehead atoms. The largest absolute Gasteiger partial charge is 0.683 e. The average molecular weight is 393 g/mol. The number of amides is 1. The molecule has 1 aliphatic heterocycles. The quantitative estimate of drug-likeness (QED) is 0.670. The molecule has 0 aliphatic carbocycles. The van der Waals surface area contributed by atoms with Gasteiger partial charge in [-0.2, -0.15) is 11.3 Å². The Balaban J connectivity index is 1.58. The van der Waals surface area contributed by atoms with E-state index in [0.717, 1.165) is 22.6 Å². The summed E-state index contributed by atoms with van der Waals surface area (Å²) in [6.45, 7) is 6.18. The Morgan fingerprint density at radius 1 is 1.28 bits per heavy atom. The molecule has 0 saturated heterocycles. The third-order valence-corrected chi connectivity index (χ3v) is 4.69. The number of benzene rings is 1. The van der Waals surface area contributed by atoms with Gasteiger partial charge in [0.1, 0.15) is 7.05 Å². The SMILES string of the molecule is CC(C)c1cc(C(=O)Nc2cccc(C(C)[N-]C=CNC3=C[N+](C)=C3)c2)nn1C. The fourth-order valence-electron chi connectivity index (χ4n) is 3.10. The van der Waals surface area contributed by atoms with Crippen molar-refractivity contribution in [1.82, 2.24) is 15.1 Å². The van der Waals surface area contributed by atoms with Gasteiger partial charge in [0.2, 0.25) is 0 Å². The molecule has 29 heavy (non-hydrogen) atoms. The second-order valence-corrected chi connectivity index (χ2v) is 7.48. The topological polar surface area (TPSA) is 76.1 Å². The summed E-state index contributed by atoms with van der Waals surface area (Å²) < 4.78 is 3.73. The number of nitrogens with zero attached hydrogens (tertiary/aromatic N) is 4. The summed E-state index contributed by atoms with van der Waals surface area (Å²) in [4.78, 5) is 12.6. The Bertz CT molecular complexity index is 983. The van der Waals surface area contributed by atoms with Gasteiger partial charge in [-0.15, -0.1) is 0 Å². The van der Waals surface area contributed by atoms with Crippen LogP contribution in [0.2, 0.25) is 0 Å². The number of aromatic nitrogens is 2. The molecule has 1 aliphatic rings. The number of anilines is 1. The molecule has 2 heterocycles. The summed E-state index contributed by atoms with van der Waals surface area (Å²) >= 11 is 0. The van der Waals surface area contributed by atoms with E-state index in [1.54, 1.807) is 10.9 Å². The van der Waals surface area contributed by atoms with Crippen LogP contribution in [0.1, 0.15) is 54.5 Å². The summed E-state index contributed by atoms with van der Waals surface area (Å²) in [6, 6.07) is 9.53. The lowest BCUT2D eigenvalue weighted by atomic mass is 10.1. The Morgan fingerprint density at radius 3 is 2.69 bits per heavy atom. The maximum atomic E-state index is 12.6. The van der Waals surface area contributed by atoms with E-state index < -0.39 is 0 Å². The first-order chi connectivity index (χ1) is 13.8. The molecule has 0 spiro atoms. The summed E-state index contributed by atoms with van der Waals surface area (Å²) in [5.74, 6) is 0.0927. The summed E-state index contributed by atoms with van der Waals surface area (Å²) in [5.41, 5.74) is 4.24. The van der Waals surface area contributed by atoms with E-state index in [4.69, 9.17) is 0 Å². The second-order valence-electron chi connectivity index (χ2n) is 7.48. The van der Waals surface area contributed by atoms with E-state index in [1.807, 2.05) is 74.5 Å². The highest BCUT2D eigenvalue weighted by Crippen LogP contribution is 2.24. The van der Waals surface area contributed by atoms with Crippen molar-refractivity contribution in [2.24, 2.45) is 7.05 Å². The van der Waals surface area contributed by atoms with Gasteiger partial charge in [0, 0.05) is 18.4 Å².